The topological polar surface area (TPSA) is 95.9 Å². The van der Waals surface area contributed by atoms with Crippen molar-refractivity contribution in [3.8, 4) is 5.75 Å². The zero-order chi connectivity index (χ0) is 27.8. The number of hydrogen-bond acceptors (Lipinski definition) is 4. The second-order valence-electron chi connectivity index (χ2n) is 13.5. The molecule has 214 valence electrons. The highest BCUT2D eigenvalue weighted by Gasteiger charge is 2.59. The third kappa shape index (κ3) is 5.51. The molecule has 6 heteroatoms. The van der Waals surface area contributed by atoms with E-state index >= 15 is 0 Å². The van der Waals surface area contributed by atoms with Crippen LogP contribution in [0.4, 0.5) is 0 Å². The Bertz CT molecular complexity index is 1070. The highest BCUT2D eigenvalue weighted by molar-refractivity contribution is 5.83. The van der Waals surface area contributed by atoms with Crippen LogP contribution in [0.5, 0.6) is 5.75 Å². The average Bonchev–Trinajstić information content (AvgIpc) is 3.28. The Morgan fingerprint density at radius 1 is 1.08 bits per heavy atom. The van der Waals surface area contributed by atoms with Crippen LogP contribution in [0.3, 0.4) is 0 Å². The van der Waals surface area contributed by atoms with Gasteiger partial charge in [0.1, 0.15) is 12.4 Å². The van der Waals surface area contributed by atoms with E-state index in [0.29, 0.717) is 29.4 Å². The fraction of sp³-hybridized carbons (Fsp3) is 0.697. The van der Waals surface area contributed by atoms with Crippen molar-refractivity contribution in [3.05, 3.63) is 42.0 Å². The number of allylic oxidation sites excluding steroid dienone is 1. The number of carbonyl (C=O) groups is 2. The number of carboxylic acids is 1. The second kappa shape index (κ2) is 11.3. The summed E-state index contributed by atoms with van der Waals surface area (Å²) >= 11 is 0. The van der Waals surface area contributed by atoms with Gasteiger partial charge >= 0.3 is 5.97 Å². The normalized spacial score (nSPS) is 36.9. The largest absolute Gasteiger partial charge is 0.491 e. The number of rotatable bonds is 9. The zero-order valence-corrected chi connectivity index (χ0v) is 23.9. The maximum atomic E-state index is 12.8. The summed E-state index contributed by atoms with van der Waals surface area (Å²) in [6.07, 6.45) is 12.6. The van der Waals surface area contributed by atoms with Gasteiger partial charge in [-0.15, -0.1) is 0 Å². The molecule has 39 heavy (non-hydrogen) atoms. The summed E-state index contributed by atoms with van der Waals surface area (Å²) in [5.74, 6) is 2.49. The number of hydrogen-bond donors (Lipinski definition) is 3. The molecule has 4 aliphatic rings. The molecule has 3 saturated carbocycles. The van der Waals surface area contributed by atoms with Gasteiger partial charge in [-0.05, 0) is 110 Å². The summed E-state index contributed by atoms with van der Waals surface area (Å²) in [4.78, 5) is 24.5. The molecule has 3 fully saturated rings. The summed E-state index contributed by atoms with van der Waals surface area (Å²) in [5, 5.41) is 22.6. The van der Waals surface area contributed by atoms with Crippen LogP contribution in [-0.4, -0.2) is 40.8 Å². The molecule has 5 rings (SSSR count). The monoisotopic (exact) mass is 537 g/mol. The van der Waals surface area contributed by atoms with Crippen molar-refractivity contribution in [3.63, 3.8) is 0 Å². The van der Waals surface area contributed by atoms with Crippen molar-refractivity contribution in [2.45, 2.75) is 97.1 Å². The van der Waals surface area contributed by atoms with E-state index in [0.717, 1.165) is 49.9 Å². The lowest BCUT2D eigenvalue weighted by Crippen LogP contribution is -2.50. The first kappa shape index (κ1) is 28.2. The summed E-state index contributed by atoms with van der Waals surface area (Å²) in [6.45, 7) is 7.20. The fourth-order valence-corrected chi connectivity index (χ4v) is 9.31. The van der Waals surface area contributed by atoms with E-state index in [1.165, 1.54) is 31.3 Å². The van der Waals surface area contributed by atoms with Crippen molar-refractivity contribution >= 4 is 11.9 Å². The molecule has 3 N–H and O–H groups in total. The van der Waals surface area contributed by atoms with Crippen LogP contribution < -0.4 is 10.1 Å². The van der Waals surface area contributed by atoms with Gasteiger partial charge in [-0.1, -0.05) is 50.6 Å². The lowest BCUT2D eigenvalue weighted by molar-refractivity contribution is -0.142. The molecule has 1 aromatic carbocycles. The SMILES string of the molecule is C[C@H](CCC(=O)N[C@@H](COc1ccccc1)C(=O)O)[C@H]1CC[C@H]2[C@@H]3CC=C4C[C@@H](O)CC[C@]4(C)[C@H]3CC[C@]12C. The number of aliphatic hydroxyl groups is 1. The summed E-state index contributed by atoms with van der Waals surface area (Å²) in [6, 6.07) is 8.00. The van der Waals surface area contributed by atoms with Gasteiger partial charge in [-0.3, -0.25) is 4.79 Å². The Morgan fingerprint density at radius 2 is 1.85 bits per heavy atom. The first-order valence-corrected chi connectivity index (χ1v) is 15.2. The van der Waals surface area contributed by atoms with Crippen LogP contribution >= 0.6 is 0 Å². The van der Waals surface area contributed by atoms with Gasteiger partial charge < -0.3 is 20.3 Å². The number of aliphatic carboxylic acids is 1. The molecule has 0 aromatic heterocycles. The first-order chi connectivity index (χ1) is 18.6. The van der Waals surface area contributed by atoms with Crippen molar-refractivity contribution in [2.75, 3.05) is 6.61 Å². The van der Waals surface area contributed by atoms with E-state index in [9.17, 15) is 19.8 Å². The number of ether oxygens (including phenoxy) is 1. The molecular weight excluding hydrogens is 490 g/mol. The minimum atomic E-state index is -1.08. The fourth-order valence-electron chi connectivity index (χ4n) is 9.31. The van der Waals surface area contributed by atoms with Gasteiger partial charge in [-0.25, -0.2) is 4.79 Å². The minimum Gasteiger partial charge on any atom is -0.491 e. The van der Waals surface area contributed by atoms with E-state index < -0.39 is 12.0 Å². The molecule has 0 bridgehead atoms. The Labute approximate surface area is 233 Å². The van der Waals surface area contributed by atoms with E-state index in [4.69, 9.17) is 4.74 Å². The number of benzene rings is 1. The number of nitrogens with one attached hydrogen (secondary N) is 1. The molecule has 9 atom stereocenters. The molecule has 0 heterocycles. The zero-order valence-electron chi connectivity index (χ0n) is 23.9. The quantitative estimate of drug-likeness (QED) is 0.336. The highest BCUT2D eigenvalue weighted by atomic mass is 16.5. The number of carboxylic acid groups (broad SMARTS) is 1. The van der Waals surface area contributed by atoms with Crippen LogP contribution in [0.15, 0.2) is 42.0 Å². The predicted octanol–water partition coefficient (Wildman–Crippen LogP) is 5.99. The minimum absolute atomic E-state index is 0.0976. The molecular formula is C33H47NO5. The molecule has 0 aliphatic heterocycles. The Morgan fingerprint density at radius 3 is 2.59 bits per heavy atom. The smallest absolute Gasteiger partial charge is 0.329 e. The number of amides is 1. The van der Waals surface area contributed by atoms with Crippen LogP contribution in [0.1, 0.15) is 85.0 Å². The van der Waals surface area contributed by atoms with Crippen LogP contribution in [0.25, 0.3) is 0 Å². The molecule has 1 aromatic rings. The first-order valence-electron chi connectivity index (χ1n) is 15.2. The lowest BCUT2D eigenvalue weighted by Gasteiger charge is -2.58. The van der Waals surface area contributed by atoms with Gasteiger partial charge in [0.25, 0.3) is 0 Å². The van der Waals surface area contributed by atoms with Gasteiger partial charge in [-0.2, -0.15) is 0 Å². The molecule has 6 nitrogen and oxygen atoms in total. The molecule has 0 spiro atoms. The number of carbonyl (C=O) groups excluding carboxylic acids is 1. The van der Waals surface area contributed by atoms with E-state index in [1.54, 1.807) is 12.1 Å². The standard InChI is InChI=1S/C33H47NO5/c1-21(9-14-30(36)34-29(31(37)38)20-39-24-7-5-4-6-8-24)26-12-13-27-25-11-10-22-19-23(35)15-17-32(22,2)28(25)16-18-33(26,27)3/h4-8,10,21,23,25-29,35H,9,11-20H2,1-3H3,(H,34,36)(H,37,38)/t21-,23+,25+,26-,27+,28+,29+,32+,33-/m1/s1. The third-order valence-electron chi connectivity index (χ3n) is 11.5. The molecule has 1 amide bonds. The molecule has 0 unspecified atom stereocenters. The Kier molecular flexibility index (Phi) is 8.15. The van der Waals surface area contributed by atoms with Crippen molar-refractivity contribution in [1.82, 2.24) is 5.32 Å². The Hall–Kier alpha value is -2.34. The van der Waals surface area contributed by atoms with Crippen molar-refractivity contribution in [1.29, 1.82) is 0 Å². The van der Waals surface area contributed by atoms with Gasteiger partial charge in [0.2, 0.25) is 5.91 Å². The molecule has 4 aliphatic carbocycles. The van der Waals surface area contributed by atoms with Gasteiger partial charge in [0.15, 0.2) is 6.04 Å². The maximum Gasteiger partial charge on any atom is 0.329 e. The van der Waals surface area contributed by atoms with Crippen LogP contribution in [0.2, 0.25) is 0 Å². The maximum absolute atomic E-state index is 12.8. The molecule has 0 saturated heterocycles. The van der Waals surface area contributed by atoms with Gasteiger partial charge in [0.05, 0.1) is 6.10 Å². The summed E-state index contributed by atoms with van der Waals surface area (Å²) < 4.78 is 5.59. The average molecular weight is 538 g/mol. The summed E-state index contributed by atoms with van der Waals surface area (Å²) in [7, 11) is 0. The number of aliphatic hydroxyl groups excluding tert-OH is 1. The summed E-state index contributed by atoms with van der Waals surface area (Å²) in [5.41, 5.74) is 2.09. The van der Waals surface area contributed by atoms with Gasteiger partial charge in [0, 0.05) is 6.42 Å². The lowest BCUT2D eigenvalue weighted by atomic mass is 9.47. The van der Waals surface area contributed by atoms with Crippen molar-refractivity contribution < 1.29 is 24.5 Å². The van der Waals surface area contributed by atoms with E-state index in [2.05, 4.69) is 32.2 Å². The molecule has 0 radical (unpaired) electrons. The second-order valence-corrected chi connectivity index (χ2v) is 13.5. The highest BCUT2D eigenvalue weighted by Crippen LogP contribution is 2.67. The third-order valence-corrected chi connectivity index (χ3v) is 11.5. The van der Waals surface area contributed by atoms with Crippen molar-refractivity contribution in [2.24, 2.45) is 40.4 Å². The van der Waals surface area contributed by atoms with Crippen LogP contribution in [0, 0.1) is 40.4 Å². The Balaban J connectivity index is 1.16. The van der Waals surface area contributed by atoms with E-state index in [-0.39, 0.29) is 24.0 Å². The number of para-hydroxylation sites is 1. The predicted molar refractivity (Wildman–Crippen MR) is 151 cm³/mol. The number of fused-ring (bicyclic) bond motifs is 5. The van der Waals surface area contributed by atoms with E-state index in [1.807, 2.05) is 18.2 Å². The van der Waals surface area contributed by atoms with Crippen LogP contribution in [-0.2, 0) is 9.59 Å².